The minimum atomic E-state index is -0.369. The van der Waals surface area contributed by atoms with Gasteiger partial charge in [-0.25, -0.2) is 9.36 Å². The van der Waals surface area contributed by atoms with Crippen LogP contribution in [0.25, 0.3) is 0 Å². The number of pyridine rings is 1. The number of carbonyl (C=O) groups excluding carboxylic acids is 1. The van der Waals surface area contributed by atoms with Gasteiger partial charge in [-0.2, -0.15) is 0 Å². The second-order valence-electron chi connectivity index (χ2n) is 6.76. The molecular formula is C23H25N2O3+. The van der Waals surface area contributed by atoms with Crippen molar-refractivity contribution >= 4 is 11.7 Å². The number of hydrogen-bond acceptors (Lipinski definition) is 4. The van der Waals surface area contributed by atoms with Crippen molar-refractivity contribution < 1.29 is 18.8 Å². The molecule has 0 amide bonds. The van der Waals surface area contributed by atoms with Gasteiger partial charge in [-0.15, -0.1) is 0 Å². The molecule has 0 N–H and O–H groups in total. The van der Waals surface area contributed by atoms with E-state index in [1.165, 1.54) is 0 Å². The summed E-state index contributed by atoms with van der Waals surface area (Å²) >= 11 is 0. The number of ether oxygens (including phenoxy) is 2. The van der Waals surface area contributed by atoms with Crippen LogP contribution in [-0.2, 0) is 6.54 Å². The number of aromatic nitrogens is 1. The smallest absolute Gasteiger partial charge is 0.343 e. The van der Waals surface area contributed by atoms with Crippen molar-refractivity contribution in [3.8, 4) is 11.5 Å². The predicted molar refractivity (Wildman–Crippen MR) is 109 cm³/mol. The third-order valence-corrected chi connectivity index (χ3v) is 4.33. The fourth-order valence-electron chi connectivity index (χ4n) is 2.63. The molecule has 0 aliphatic rings. The van der Waals surface area contributed by atoms with E-state index in [1.807, 2.05) is 45.5 Å². The lowest BCUT2D eigenvalue weighted by atomic mass is 10.1. The quantitative estimate of drug-likeness (QED) is 0.358. The molecule has 0 atom stereocenters. The Bertz CT molecular complexity index is 902. The number of carbonyl (C=O) groups is 1. The van der Waals surface area contributed by atoms with Crippen molar-refractivity contribution in [1.82, 2.24) is 0 Å². The van der Waals surface area contributed by atoms with Crippen LogP contribution in [0.1, 0.15) is 15.9 Å². The van der Waals surface area contributed by atoms with Gasteiger partial charge in [0.2, 0.25) is 0 Å². The number of rotatable bonds is 7. The second kappa shape index (κ2) is 9.04. The summed E-state index contributed by atoms with van der Waals surface area (Å²) in [6.45, 7) is 3.28. The lowest BCUT2D eigenvalue weighted by Gasteiger charge is -2.10. The molecule has 1 heterocycles. The number of nitrogens with zero attached hydrogens (tertiary/aromatic N) is 2. The molecule has 0 spiro atoms. The summed E-state index contributed by atoms with van der Waals surface area (Å²) in [6, 6.07) is 18.5. The van der Waals surface area contributed by atoms with Crippen LogP contribution in [0.15, 0.2) is 73.1 Å². The maximum absolute atomic E-state index is 12.1. The van der Waals surface area contributed by atoms with Crippen molar-refractivity contribution in [1.29, 1.82) is 0 Å². The number of aryl methyl sites for hydroxylation is 1. The van der Waals surface area contributed by atoms with Gasteiger partial charge in [-0.1, -0.05) is 17.7 Å². The van der Waals surface area contributed by atoms with Crippen molar-refractivity contribution in [3.05, 3.63) is 84.2 Å². The zero-order valence-corrected chi connectivity index (χ0v) is 16.5. The summed E-state index contributed by atoms with van der Waals surface area (Å²) in [5.41, 5.74) is 2.79. The molecule has 1 aromatic heterocycles. The van der Waals surface area contributed by atoms with Crippen molar-refractivity contribution in [2.24, 2.45) is 0 Å². The maximum Gasteiger partial charge on any atom is 0.343 e. The molecule has 28 heavy (non-hydrogen) atoms. The third kappa shape index (κ3) is 5.33. The lowest BCUT2D eigenvalue weighted by molar-refractivity contribution is -0.697. The molecule has 5 nitrogen and oxygen atoms in total. The lowest BCUT2D eigenvalue weighted by Crippen LogP contribution is -2.35. The highest BCUT2D eigenvalue weighted by molar-refractivity contribution is 5.91. The van der Waals surface area contributed by atoms with Crippen LogP contribution in [0.3, 0.4) is 0 Å². The molecule has 144 valence electrons. The standard InChI is InChI=1S/C23H25N2O3/c1-18-4-6-19(7-5-18)23(26)28-22-10-8-21(9-11-22)27-17-16-25-14-12-20(13-15-25)24(2)3/h4-15H,16-17H2,1-3H3/q+1. The molecule has 5 heteroatoms. The van der Waals surface area contributed by atoms with Crippen molar-refractivity contribution in [2.45, 2.75) is 13.5 Å². The Balaban J connectivity index is 1.48. The summed E-state index contributed by atoms with van der Waals surface area (Å²) < 4.78 is 13.2. The largest absolute Gasteiger partial charge is 0.487 e. The molecule has 0 radical (unpaired) electrons. The molecular weight excluding hydrogens is 352 g/mol. The van der Waals surface area contributed by atoms with Crippen LogP contribution in [0.2, 0.25) is 0 Å². The van der Waals surface area contributed by atoms with Gasteiger partial charge in [0, 0.05) is 31.9 Å². The molecule has 3 rings (SSSR count). The zero-order valence-electron chi connectivity index (χ0n) is 16.5. The number of esters is 1. The van der Waals surface area contributed by atoms with Crippen LogP contribution in [0, 0.1) is 6.92 Å². The van der Waals surface area contributed by atoms with E-state index in [0.717, 1.165) is 23.5 Å². The topological polar surface area (TPSA) is 42.7 Å². The first kappa shape index (κ1) is 19.4. The zero-order chi connectivity index (χ0) is 19.9. The normalized spacial score (nSPS) is 10.4. The van der Waals surface area contributed by atoms with Crippen LogP contribution in [0.5, 0.6) is 11.5 Å². The van der Waals surface area contributed by atoms with Gasteiger partial charge in [0.05, 0.1) is 5.56 Å². The van der Waals surface area contributed by atoms with Gasteiger partial charge in [0.1, 0.15) is 18.1 Å². The van der Waals surface area contributed by atoms with Crippen LogP contribution in [0.4, 0.5) is 5.69 Å². The molecule has 3 aromatic rings. The van der Waals surface area contributed by atoms with E-state index >= 15 is 0 Å². The van der Waals surface area contributed by atoms with Crippen LogP contribution < -0.4 is 18.9 Å². The molecule has 2 aromatic carbocycles. The van der Waals surface area contributed by atoms with Gasteiger partial charge in [0.25, 0.3) is 0 Å². The number of benzene rings is 2. The van der Waals surface area contributed by atoms with E-state index in [-0.39, 0.29) is 5.97 Å². The highest BCUT2D eigenvalue weighted by Crippen LogP contribution is 2.19. The Hall–Kier alpha value is -3.34. The predicted octanol–water partition coefficient (Wildman–Crippen LogP) is 3.65. The molecule has 0 bridgehead atoms. The Morgan fingerprint density at radius 1 is 0.893 bits per heavy atom. The number of anilines is 1. The Morgan fingerprint density at radius 3 is 2.11 bits per heavy atom. The summed E-state index contributed by atoms with van der Waals surface area (Å²) in [5, 5.41) is 0. The molecule has 0 fully saturated rings. The van der Waals surface area contributed by atoms with Gasteiger partial charge < -0.3 is 14.4 Å². The Labute approximate surface area is 165 Å². The maximum atomic E-state index is 12.1. The van der Waals surface area contributed by atoms with Gasteiger partial charge >= 0.3 is 5.97 Å². The first-order valence-electron chi connectivity index (χ1n) is 9.19. The summed E-state index contributed by atoms with van der Waals surface area (Å²) in [6.07, 6.45) is 4.07. The molecule has 0 aliphatic heterocycles. The number of hydrogen-bond donors (Lipinski definition) is 0. The molecule has 0 saturated heterocycles. The minimum absolute atomic E-state index is 0.369. The van der Waals surface area contributed by atoms with E-state index in [1.54, 1.807) is 36.4 Å². The second-order valence-corrected chi connectivity index (χ2v) is 6.76. The Kier molecular flexibility index (Phi) is 6.27. The summed E-state index contributed by atoms with van der Waals surface area (Å²) in [5.74, 6) is 0.860. The first-order valence-corrected chi connectivity index (χ1v) is 9.19. The van der Waals surface area contributed by atoms with Gasteiger partial charge in [-0.05, 0) is 43.3 Å². The van der Waals surface area contributed by atoms with E-state index in [0.29, 0.717) is 17.9 Å². The Morgan fingerprint density at radius 2 is 1.50 bits per heavy atom. The van der Waals surface area contributed by atoms with Crippen molar-refractivity contribution in [3.63, 3.8) is 0 Å². The monoisotopic (exact) mass is 377 g/mol. The van der Waals surface area contributed by atoms with Gasteiger partial charge in [-0.3, -0.25) is 0 Å². The average Bonchev–Trinajstić information content (AvgIpc) is 2.70. The summed E-state index contributed by atoms with van der Waals surface area (Å²) in [7, 11) is 4.04. The van der Waals surface area contributed by atoms with E-state index in [9.17, 15) is 4.79 Å². The molecule has 0 saturated carbocycles. The first-order chi connectivity index (χ1) is 13.5. The fourth-order valence-corrected chi connectivity index (χ4v) is 2.63. The van der Waals surface area contributed by atoms with Crippen molar-refractivity contribution in [2.75, 3.05) is 25.6 Å². The highest BCUT2D eigenvalue weighted by Gasteiger charge is 2.08. The highest BCUT2D eigenvalue weighted by atomic mass is 16.5. The summed E-state index contributed by atoms with van der Waals surface area (Å²) in [4.78, 5) is 14.2. The van der Waals surface area contributed by atoms with E-state index in [4.69, 9.17) is 9.47 Å². The minimum Gasteiger partial charge on any atom is -0.487 e. The molecule has 0 unspecified atom stereocenters. The van der Waals surface area contributed by atoms with E-state index < -0.39 is 0 Å². The third-order valence-electron chi connectivity index (χ3n) is 4.33. The van der Waals surface area contributed by atoms with Crippen LogP contribution in [-0.4, -0.2) is 26.7 Å². The fraction of sp³-hybridized carbons (Fsp3) is 0.217. The van der Waals surface area contributed by atoms with E-state index in [2.05, 4.69) is 21.6 Å². The molecule has 0 aliphatic carbocycles. The average molecular weight is 377 g/mol. The SMILES string of the molecule is Cc1ccc(C(=O)Oc2ccc(OCC[n+]3ccc(N(C)C)cc3)cc2)cc1. The van der Waals surface area contributed by atoms with Gasteiger partial charge in [0.15, 0.2) is 18.9 Å². The van der Waals surface area contributed by atoms with Crippen LogP contribution >= 0.6 is 0 Å².